The second kappa shape index (κ2) is 2.94. The van der Waals surface area contributed by atoms with Crippen molar-refractivity contribution in [1.82, 2.24) is 4.98 Å². The van der Waals surface area contributed by atoms with Crippen LogP contribution in [0.25, 0.3) is 10.9 Å². The first-order valence-electron chi connectivity index (χ1n) is 3.89. The lowest BCUT2D eigenvalue weighted by Gasteiger charge is -2.02. The maximum Gasteiger partial charge on any atom is 0.248 e. The molecule has 3 nitrogen and oxygen atoms in total. The molecule has 0 amide bonds. The first kappa shape index (κ1) is 7.86. The van der Waals surface area contributed by atoms with Crippen molar-refractivity contribution in [2.45, 2.75) is 0 Å². The Kier molecular flexibility index (Phi) is 1.77. The van der Waals surface area contributed by atoms with Crippen LogP contribution in [0.1, 0.15) is 0 Å². The average molecular weight is 174 g/mol. The Hall–Kier alpha value is -1.77. The van der Waals surface area contributed by atoms with E-state index in [1.165, 1.54) is 6.07 Å². The van der Waals surface area contributed by atoms with Crippen LogP contribution < -0.4 is 10.3 Å². The van der Waals surface area contributed by atoms with Gasteiger partial charge in [-0.1, -0.05) is 0 Å². The predicted molar refractivity (Wildman–Crippen MR) is 50.0 cm³/mol. The van der Waals surface area contributed by atoms with Gasteiger partial charge in [-0.2, -0.15) is 0 Å². The van der Waals surface area contributed by atoms with Crippen molar-refractivity contribution in [3.05, 3.63) is 40.7 Å². The van der Waals surface area contributed by atoms with E-state index in [1.807, 2.05) is 0 Å². The Morgan fingerprint density at radius 2 is 2.23 bits per heavy atom. The van der Waals surface area contributed by atoms with Crippen molar-refractivity contribution in [3.63, 3.8) is 0 Å². The summed E-state index contributed by atoms with van der Waals surface area (Å²) in [7, 11) is 1.57. The number of aromatic amines is 1. The molecule has 0 saturated heterocycles. The molecular formula is C10H8NO2. The number of nitrogens with one attached hydrogen (secondary N) is 1. The molecule has 0 unspecified atom stereocenters. The van der Waals surface area contributed by atoms with Gasteiger partial charge in [0.25, 0.3) is 0 Å². The molecule has 2 rings (SSSR count). The van der Waals surface area contributed by atoms with E-state index in [0.29, 0.717) is 11.3 Å². The number of aromatic nitrogens is 1. The number of methoxy groups -OCH3 is 1. The van der Waals surface area contributed by atoms with Gasteiger partial charge >= 0.3 is 0 Å². The topological polar surface area (TPSA) is 42.1 Å². The highest BCUT2D eigenvalue weighted by Gasteiger charge is 2.00. The molecule has 0 saturated carbocycles. The van der Waals surface area contributed by atoms with Crippen molar-refractivity contribution in [1.29, 1.82) is 0 Å². The van der Waals surface area contributed by atoms with Crippen molar-refractivity contribution < 1.29 is 4.74 Å². The van der Waals surface area contributed by atoms with Gasteiger partial charge in [0, 0.05) is 11.5 Å². The molecule has 1 radical (unpaired) electrons. The molecule has 0 fully saturated rings. The van der Waals surface area contributed by atoms with Crippen LogP contribution in [0.4, 0.5) is 0 Å². The largest absolute Gasteiger partial charge is 0.495 e. The third-order valence-electron chi connectivity index (χ3n) is 1.86. The van der Waals surface area contributed by atoms with Crippen LogP contribution in [0.15, 0.2) is 29.1 Å². The molecule has 1 aromatic heterocycles. The number of benzene rings is 1. The lowest BCUT2D eigenvalue weighted by molar-refractivity contribution is 0.419. The molecule has 1 heterocycles. The Morgan fingerprint density at radius 1 is 1.38 bits per heavy atom. The number of ether oxygens (including phenoxy) is 1. The van der Waals surface area contributed by atoms with Crippen LogP contribution in [0.3, 0.4) is 0 Å². The van der Waals surface area contributed by atoms with E-state index >= 15 is 0 Å². The van der Waals surface area contributed by atoms with Crippen molar-refractivity contribution in [2.75, 3.05) is 7.11 Å². The van der Waals surface area contributed by atoms with Crippen LogP contribution >= 0.6 is 0 Å². The van der Waals surface area contributed by atoms with E-state index in [-0.39, 0.29) is 5.56 Å². The maximum atomic E-state index is 11.0. The van der Waals surface area contributed by atoms with Gasteiger partial charge in [-0.25, -0.2) is 0 Å². The highest BCUT2D eigenvalue weighted by atomic mass is 16.5. The van der Waals surface area contributed by atoms with Crippen LogP contribution in [-0.4, -0.2) is 12.1 Å². The second-order valence-electron chi connectivity index (χ2n) is 2.66. The monoisotopic (exact) mass is 174 g/mol. The first-order valence-corrected chi connectivity index (χ1v) is 3.89. The molecule has 0 aliphatic carbocycles. The van der Waals surface area contributed by atoms with Gasteiger partial charge in [-0.15, -0.1) is 0 Å². The molecule has 0 atom stereocenters. The van der Waals surface area contributed by atoms with Gasteiger partial charge in [-0.05, 0) is 24.3 Å². The Morgan fingerprint density at radius 3 is 3.00 bits per heavy atom. The lowest BCUT2D eigenvalue weighted by atomic mass is 10.2. The van der Waals surface area contributed by atoms with Crippen LogP contribution in [0.2, 0.25) is 0 Å². The van der Waals surface area contributed by atoms with E-state index in [9.17, 15) is 4.79 Å². The zero-order chi connectivity index (χ0) is 9.26. The third kappa shape index (κ3) is 1.28. The van der Waals surface area contributed by atoms with E-state index in [4.69, 9.17) is 4.74 Å². The van der Waals surface area contributed by atoms with Crippen molar-refractivity contribution >= 4 is 10.9 Å². The normalized spacial score (nSPS) is 10.2. The van der Waals surface area contributed by atoms with Gasteiger partial charge in [0.1, 0.15) is 5.75 Å². The first-order chi connectivity index (χ1) is 6.31. The Bertz CT molecular complexity index is 487. The number of hydrogen-bond donors (Lipinski definition) is 1. The summed E-state index contributed by atoms with van der Waals surface area (Å²) in [6.07, 6.45) is 0. The van der Waals surface area contributed by atoms with E-state index in [0.717, 1.165) is 5.39 Å². The minimum absolute atomic E-state index is 0.134. The number of H-pyrrole nitrogens is 1. The van der Waals surface area contributed by atoms with Crippen LogP contribution in [-0.2, 0) is 0 Å². The maximum absolute atomic E-state index is 11.0. The van der Waals surface area contributed by atoms with E-state index in [1.54, 1.807) is 25.3 Å². The fourth-order valence-corrected chi connectivity index (χ4v) is 1.25. The molecule has 0 aliphatic heterocycles. The second-order valence-corrected chi connectivity index (χ2v) is 2.66. The van der Waals surface area contributed by atoms with Crippen molar-refractivity contribution in [2.24, 2.45) is 0 Å². The summed E-state index contributed by atoms with van der Waals surface area (Å²) in [4.78, 5) is 13.7. The Balaban J connectivity index is 2.87. The lowest BCUT2D eigenvalue weighted by Crippen LogP contribution is -2.03. The third-order valence-corrected chi connectivity index (χ3v) is 1.86. The molecule has 1 aromatic carbocycles. The highest BCUT2D eigenvalue weighted by Crippen LogP contribution is 2.20. The predicted octanol–water partition coefficient (Wildman–Crippen LogP) is 1.34. The summed E-state index contributed by atoms with van der Waals surface area (Å²) in [5.74, 6) is 0.659. The fraction of sp³-hybridized carbons (Fsp3) is 0.100. The number of fused-ring (bicyclic) bond motifs is 1. The van der Waals surface area contributed by atoms with Gasteiger partial charge in [0.15, 0.2) is 0 Å². The standard InChI is InChI=1S/C10H8NO2/c1-13-8-4-2-3-7-5-6-9(12)11-10(7)8/h2,4-6H,1H3,(H,11,12). The number of rotatable bonds is 1. The summed E-state index contributed by atoms with van der Waals surface area (Å²) in [5.41, 5.74) is 0.558. The minimum atomic E-state index is -0.134. The molecule has 0 bridgehead atoms. The summed E-state index contributed by atoms with van der Waals surface area (Å²) in [6.45, 7) is 0. The molecule has 0 aliphatic rings. The van der Waals surface area contributed by atoms with Gasteiger partial charge in [-0.3, -0.25) is 4.79 Å². The summed E-state index contributed by atoms with van der Waals surface area (Å²) in [5, 5.41) is 0.846. The number of hydrogen-bond acceptors (Lipinski definition) is 2. The minimum Gasteiger partial charge on any atom is -0.495 e. The summed E-state index contributed by atoms with van der Waals surface area (Å²) < 4.78 is 5.09. The van der Waals surface area contributed by atoms with E-state index < -0.39 is 0 Å². The Labute approximate surface area is 75.0 Å². The quantitative estimate of drug-likeness (QED) is 0.708. The fourth-order valence-electron chi connectivity index (χ4n) is 1.25. The molecule has 2 aromatic rings. The van der Waals surface area contributed by atoms with Gasteiger partial charge in [0.2, 0.25) is 5.56 Å². The molecular weight excluding hydrogens is 166 g/mol. The molecule has 0 spiro atoms. The van der Waals surface area contributed by atoms with E-state index in [2.05, 4.69) is 11.1 Å². The van der Waals surface area contributed by atoms with Crippen LogP contribution in [0, 0.1) is 6.07 Å². The van der Waals surface area contributed by atoms with Crippen molar-refractivity contribution in [3.8, 4) is 5.75 Å². The summed E-state index contributed by atoms with van der Waals surface area (Å²) >= 11 is 0. The molecule has 65 valence electrons. The molecule has 1 N–H and O–H groups in total. The van der Waals surface area contributed by atoms with Gasteiger partial charge < -0.3 is 9.72 Å². The van der Waals surface area contributed by atoms with Gasteiger partial charge in [0.05, 0.1) is 12.6 Å². The zero-order valence-corrected chi connectivity index (χ0v) is 7.13. The average Bonchev–Trinajstić information content (AvgIpc) is 2.17. The summed E-state index contributed by atoms with van der Waals surface area (Å²) in [6, 6.07) is 9.72. The highest BCUT2D eigenvalue weighted by molar-refractivity contribution is 5.83. The molecule has 3 heteroatoms. The zero-order valence-electron chi connectivity index (χ0n) is 7.13. The molecule has 13 heavy (non-hydrogen) atoms. The number of pyridine rings is 1. The smallest absolute Gasteiger partial charge is 0.248 e. The SMILES string of the molecule is COc1cc[c]c2ccc(=O)[nH]c12. The van der Waals surface area contributed by atoms with Crippen LogP contribution in [0.5, 0.6) is 5.75 Å².